The van der Waals surface area contributed by atoms with Crippen molar-refractivity contribution >= 4 is 17.6 Å². The lowest BCUT2D eigenvalue weighted by atomic mass is 9.98. The van der Waals surface area contributed by atoms with E-state index >= 15 is 0 Å². The van der Waals surface area contributed by atoms with Crippen LogP contribution in [0.5, 0.6) is 0 Å². The zero-order valence-corrected chi connectivity index (χ0v) is 17.6. The monoisotopic (exact) mass is 393 g/mol. The minimum absolute atomic E-state index is 0.0667. The molecule has 3 amide bonds. The Hall–Kier alpha value is -2.82. The molecule has 2 aromatic rings. The minimum Gasteiger partial charge on any atom is -0.339 e. The van der Waals surface area contributed by atoms with Crippen molar-refractivity contribution < 1.29 is 9.59 Å². The van der Waals surface area contributed by atoms with E-state index in [1.54, 1.807) is 24.3 Å². The van der Waals surface area contributed by atoms with Crippen LogP contribution in [0.3, 0.4) is 0 Å². The van der Waals surface area contributed by atoms with E-state index in [0.29, 0.717) is 17.2 Å². The number of likely N-dealkylation sites (tertiary alicyclic amines) is 1. The van der Waals surface area contributed by atoms with Crippen molar-refractivity contribution in [3.05, 3.63) is 65.2 Å². The van der Waals surface area contributed by atoms with Crippen molar-refractivity contribution in [1.29, 1.82) is 0 Å². The first-order valence-corrected chi connectivity index (χ1v) is 10.5. The van der Waals surface area contributed by atoms with Crippen molar-refractivity contribution in [2.45, 2.75) is 46.1 Å². The maximum atomic E-state index is 12.6. The second-order valence-electron chi connectivity index (χ2n) is 7.97. The molecule has 29 heavy (non-hydrogen) atoms. The molecule has 1 aliphatic rings. The number of carbonyl (C=O) groups excluding carboxylic acids is 2. The van der Waals surface area contributed by atoms with Crippen LogP contribution in [0.4, 0.5) is 10.5 Å². The predicted molar refractivity (Wildman–Crippen MR) is 117 cm³/mol. The Kier molecular flexibility index (Phi) is 6.91. The van der Waals surface area contributed by atoms with Crippen LogP contribution in [0.25, 0.3) is 0 Å². The average Bonchev–Trinajstić information content (AvgIpc) is 2.74. The highest BCUT2D eigenvalue weighted by atomic mass is 16.2. The molecule has 2 N–H and O–H groups in total. The van der Waals surface area contributed by atoms with Gasteiger partial charge in [-0.25, -0.2) is 4.79 Å². The fourth-order valence-electron chi connectivity index (χ4n) is 3.58. The Morgan fingerprint density at radius 1 is 1.03 bits per heavy atom. The van der Waals surface area contributed by atoms with Crippen molar-refractivity contribution in [1.82, 2.24) is 10.2 Å². The molecule has 0 bridgehead atoms. The predicted octanol–water partition coefficient (Wildman–Crippen LogP) is 5.00. The number of amides is 3. The number of aryl methyl sites for hydroxylation is 1. The van der Waals surface area contributed by atoms with Gasteiger partial charge in [0.1, 0.15) is 0 Å². The van der Waals surface area contributed by atoms with Crippen LogP contribution >= 0.6 is 0 Å². The summed E-state index contributed by atoms with van der Waals surface area (Å²) in [4.78, 5) is 26.9. The summed E-state index contributed by atoms with van der Waals surface area (Å²) in [6, 6.07) is 15.0. The molecular weight excluding hydrogens is 362 g/mol. The van der Waals surface area contributed by atoms with E-state index < -0.39 is 0 Å². The summed E-state index contributed by atoms with van der Waals surface area (Å²) in [5.41, 5.74) is 3.67. The van der Waals surface area contributed by atoms with Crippen LogP contribution in [0.2, 0.25) is 0 Å². The standard InChI is InChI=1S/C24H31N3O2/c1-4-19-5-7-20(8-6-19)18(3)25-24(29)26-22-11-9-21(10-12-22)23(28)27-15-13-17(2)14-16-27/h5-12,17-18H,4,13-16H2,1-3H3,(H2,25,26,29). The number of nitrogens with zero attached hydrogens (tertiary/aromatic N) is 1. The summed E-state index contributed by atoms with van der Waals surface area (Å²) in [5, 5.41) is 5.79. The fraction of sp³-hybridized carbons (Fsp3) is 0.417. The van der Waals surface area contributed by atoms with Gasteiger partial charge in [-0.2, -0.15) is 0 Å². The third-order valence-corrected chi connectivity index (χ3v) is 5.70. The molecule has 1 saturated heterocycles. The fourth-order valence-corrected chi connectivity index (χ4v) is 3.58. The van der Waals surface area contributed by atoms with Crippen LogP contribution in [0, 0.1) is 5.92 Å². The highest BCUT2D eigenvalue weighted by Gasteiger charge is 2.21. The molecular formula is C24H31N3O2. The first-order chi connectivity index (χ1) is 14.0. The van der Waals surface area contributed by atoms with Gasteiger partial charge in [-0.15, -0.1) is 0 Å². The van der Waals surface area contributed by atoms with Crippen LogP contribution < -0.4 is 10.6 Å². The van der Waals surface area contributed by atoms with Crippen LogP contribution in [-0.2, 0) is 6.42 Å². The van der Waals surface area contributed by atoms with E-state index in [1.807, 2.05) is 24.0 Å². The molecule has 5 nitrogen and oxygen atoms in total. The third-order valence-electron chi connectivity index (χ3n) is 5.70. The summed E-state index contributed by atoms with van der Waals surface area (Å²) in [6.07, 6.45) is 3.12. The molecule has 0 aromatic heterocycles. The number of urea groups is 1. The van der Waals surface area contributed by atoms with Gasteiger partial charge in [-0.3, -0.25) is 4.79 Å². The number of carbonyl (C=O) groups is 2. The zero-order chi connectivity index (χ0) is 20.8. The molecule has 154 valence electrons. The Balaban J connectivity index is 1.53. The van der Waals surface area contributed by atoms with E-state index in [4.69, 9.17) is 0 Å². The first kappa shape index (κ1) is 20.9. The second-order valence-corrected chi connectivity index (χ2v) is 7.97. The Bertz CT molecular complexity index is 822. The van der Waals surface area contributed by atoms with Gasteiger partial charge >= 0.3 is 6.03 Å². The van der Waals surface area contributed by atoms with E-state index in [1.165, 1.54) is 5.56 Å². The quantitative estimate of drug-likeness (QED) is 0.751. The maximum Gasteiger partial charge on any atom is 0.319 e. The Morgan fingerprint density at radius 3 is 2.24 bits per heavy atom. The number of hydrogen-bond acceptors (Lipinski definition) is 2. The molecule has 1 unspecified atom stereocenters. The normalized spacial score (nSPS) is 15.6. The van der Waals surface area contributed by atoms with Crippen LogP contribution in [-0.4, -0.2) is 29.9 Å². The topological polar surface area (TPSA) is 61.4 Å². The average molecular weight is 394 g/mol. The Morgan fingerprint density at radius 2 is 1.66 bits per heavy atom. The highest BCUT2D eigenvalue weighted by molar-refractivity contribution is 5.95. The molecule has 0 spiro atoms. The number of anilines is 1. The molecule has 1 aliphatic heterocycles. The lowest BCUT2D eigenvalue weighted by Crippen LogP contribution is -2.37. The van der Waals surface area contributed by atoms with Gasteiger partial charge in [0.05, 0.1) is 6.04 Å². The number of hydrogen-bond donors (Lipinski definition) is 2. The molecule has 0 radical (unpaired) electrons. The van der Waals surface area contributed by atoms with Crippen LogP contribution in [0.15, 0.2) is 48.5 Å². The van der Waals surface area contributed by atoms with E-state index in [2.05, 4.69) is 36.6 Å². The molecule has 1 fully saturated rings. The number of rotatable bonds is 5. The van der Waals surface area contributed by atoms with E-state index in [-0.39, 0.29) is 18.0 Å². The molecule has 0 aliphatic carbocycles. The molecule has 3 rings (SSSR count). The minimum atomic E-state index is -0.263. The summed E-state index contributed by atoms with van der Waals surface area (Å²) >= 11 is 0. The lowest BCUT2D eigenvalue weighted by molar-refractivity contribution is 0.0697. The van der Waals surface area contributed by atoms with Crippen molar-refractivity contribution in [3.8, 4) is 0 Å². The SMILES string of the molecule is CCc1ccc(C(C)NC(=O)Nc2ccc(C(=O)N3CCC(C)CC3)cc2)cc1. The van der Waals surface area contributed by atoms with Gasteiger partial charge in [0, 0.05) is 24.3 Å². The summed E-state index contributed by atoms with van der Waals surface area (Å²) < 4.78 is 0. The smallest absolute Gasteiger partial charge is 0.319 e. The molecule has 1 atom stereocenters. The van der Waals surface area contributed by atoms with E-state index in [0.717, 1.165) is 37.9 Å². The maximum absolute atomic E-state index is 12.6. The van der Waals surface area contributed by atoms with Gasteiger partial charge in [-0.05, 0) is 67.5 Å². The molecule has 1 heterocycles. The number of nitrogens with one attached hydrogen (secondary N) is 2. The number of piperidine rings is 1. The number of benzene rings is 2. The van der Waals surface area contributed by atoms with Gasteiger partial charge in [-0.1, -0.05) is 38.1 Å². The van der Waals surface area contributed by atoms with Gasteiger partial charge in [0.2, 0.25) is 0 Å². The first-order valence-electron chi connectivity index (χ1n) is 10.5. The van der Waals surface area contributed by atoms with Crippen molar-refractivity contribution in [3.63, 3.8) is 0 Å². The molecule has 5 heteroatoms. The van der Waals surface area contributed by atoms with Gasteiger partial charge in [0.15, 0.2) is 0 Å². The molecule has 0 saturated carbocycles. The summed E-state index contributed by atoms with van der Waals surface area (Å²) in [5.74, 6) is 0.758. The largest absolute Gasteiger partial charge is 0.339 e. The zero-order valence-electron chi connectivity index (χ0n) is 17.6. The Labute approximate surface area is 173 Å². The van der Waals surface area contributed by atoms with E-state index in [9.17, 15) is 9.59 Å². The third kappa shape index (κ3) is 5.59. The lowest BCUT2D eigenvalue weighted by Gasteiger charge is -2.30. The molecule has 2 aromatic carbocycles. The van der Waals surface area contributed by atoms with Gasteiger partial charge in [0.25, 0.3) is 5.91 Å². The highest BCUT2D eigenvalue weighted by Crippen LogP contribution is 2.19. The summed E-state index contributed by atoms with van der Waals surface area (Å²) in [7, 11) is 0. The van der Waals surface area contributed by atoms with Gasteiger partial charge < -0.3 is 15.5 Å². The second kappa shape index (κ2) is 9.59. The van der Waals surface area contributed by atoms with Crippen molar-refractivity contribution in [2.24, 2.45) is 5.92 Å². The van der Waals surface area contributed by atoms with Crippen LogP contribution in [0.1, 0.15) is 61.1 Å². The van der Waals surface area contributed by atoms with Crippen molar-refractivity contribution in [2.75, 3.05) is 18.4 Å². The summed E-state index contributed by atoms with van der Waals surface area (Å²) in [6.45, 7) is 7.95.